The number of hydrazone groups is 1. The molecule has 0 saturated carbocycles. The number of hydrogen-bond acceptors (Lipinski definition) is 5. The maximum atomic E-state index is 12.4. The molecule has 0 bridgehead atoms. The van der Waals surface area contributed by atoms with E-state index in [1.807, 2.05) is 55.5 Å². The molecule has 0 radical (unpaired) electrons. The van der Waals surface area contributed by atoms with E-state index < -0.39 is 5.91 Å². The van der Waals surface area contributed by atoms with Crippen LogP contribution < -0.4 is 14.9 Å². The molecule has 0 aliphatic carbocycles. The monoisotopic (exact) mass is 570 g/mol. The Hall–Kier alpha value is -3.10. The van der Waals surface area contributed by atoms with Gasteiger partial charge in [0, 0.05) is 5.39 Å². The lowest BCUT2D eigenvalue weighted by atomic mass is 10.2. The highest BCUT2D eigenvalue weighted by Crippen LogP contribution is 2.35. The molecule has 33 heavy (non-hydrogen) atoms. The SMILES string of the molecule is CCOc1ccc2oc(C(=O)N/N=C/c3cc(Br)c(OCc4ccccc4)c(Br)c3)cc2c1. The normalized spacial score (nSPS) is 11.1. The third kappa shape index (κ3) is 5.83. The molecule has 3 aromatic carbocycles. The van der Waals surface area contributed by atoms with E-state index in [0.29, 0.717) is 24.5 Å². The van der Waals surface area contributed by atoms with Crippen molar-refractivity contribution in [2.24, 2.45) is 5.10 Å². The van der Waals surface area contributed by atoms with Gasteiger partial charge in [-0.15, -0.1) is 0 Å². The Morgan fingerprint density at radius 1 is 1.03 bits per heavy atom. The van der Waals surface area contributed by atoms with Crippen molar-refractivity contribution in [1.82, 2.24) is 5.43 Å². The van der Waals surface area contributed by atoms with Crippen LogP contribution in [0.1, 0.15) is 28.6 Å². The summed E-state index contributed by atoms with van der Waals surface area (Å²) in [4.78, 5) is 12.4. The third-order valence-corrected chi connectivity index (χ3v) is 5.83. The Balaban J connectivity index is 1.40. The van der Waals surface area contributed by atoms with E-state index in [-0.39, 0.29) is 5.76 Å². The van der Waals surface area contributed by atoms with Gasteiger partial charge in [0.25, 0.3) is 0 Å². The largest absolute Gasteiger partial charge is 0.494 e. The molecule has 168 valence electrons. The number of hydrogen-bond donors (Lipinski definition) is 1. The summed E-state index contributed by atoms with van der Waals surface area (Å²) in [5.74, 6) is 1.14. The maximum Gasteiger partial charge on any atom is 0.307 e. The zero-order chi connectivity index (χ0) is 23.2. The Bertz CT molecular complexity index is 1280. The van der Waals surface area contributed by atoms with Gasteiger partial charge in [0.2, 0.25) is 0 Å². The molecule has 1 heterocycles. The average molecular weight is 572 g/mol. The van der Waals surface area contributed by atoms with Crippen LogP contribution in [0.4, 0.5) is 0 Å². The van der Waals surface area contributed by atoms with Crippen LogP contribution in [0, 0.1) is 0 Å². The standard InChI is InChI=1S/C25H20Br2N2O4/c1-2-31-19-8-9-22-18(12-19)13-23(33-22)25(30)29-28-14-17-10-20(26)24(21(27)11-17)32-15-16-6-4-3-5-7-16/h3-14H,2,15H2,1H3,(H,29,30)/b28-14+. The summed E-state index contributed by atoms with van der Waals surface area (Å²) in [5, 5.41) is 4.83. The van der Waals surface area contributed by atoms with Crippen LogP contribution in [0.15, 0.2) is 85.2 Å². The Morgan fingerprint density at radius 2 is 1.79 bits per heavy atom. The fourth-order valence-electron chi connectivity index (χ4n) is 3.13. The second-order valence-corrected chi connectivity index (χ2v) is 8.74. The first-order valence-corrected chi connectivity index (χ1v) is 11.8. The van der Waals surface area contributed by atoms with E-state index in [4.69, 9.17) is 13.9 Å². The van der Waals surface area contributed by atoms with E-state index in [0.717, 1.165) is 31.2 Å². The molecule has 1 aromatic heterocycles. The fraction of sp³-hybridized carbons (Fsp3) is 0.120. The summed E-state index contributed by atoms with van der Waals surface area (Å²) >= 11 is 7.07. The molecule has 0 aliphatic rings. The molecule has 0 saturated heterocycles. The minimum Gasteiger partial charge on any atom is -0.494 e. The number of halogens is 2. The molecule has 0 aliphatic heterocycles. The highest BCUT2D eigenvalue weighted by molar-refractivity contribution is 9.11. The van der Waals surface area contributed by atoms with Crippen molar-refractivity contribution in [3.8, 4) is 11.5 Å². The van der Waals surface area contributed by atoms with Gasteiger partial charge < -0.3 is 13.9 Å². The van der Waals surface area contributed by atoms with Crippen molar-refractivity contribution >= 4 is 55.0 Å². The summed E-state index contributed by atoms with van der Waals surface area (Å²) in [6, 6.07) is 20.7. The smallest absolute Gasteiger partial charge is 0.307 e. The van der Waals surface area contributed by atoms with E-state index >= 15 is 0 Å². The van der Waals surface area contributed by atoms with Crippen LogP contribution in [0.5, 0.6) is 11.5 Å². The summed E-state index contributed by atoms with van der Waals surface area (Å²) in [6.45, 7) is 2.93. The van der Waals surface area contributed by atoms with Gasteiger partial charge >= 0.3 is 5.91 Å². The highest BCUT2D eigenvalue weighted by Gasteiger charge is 2.13. The van der Waals surface area contributed by atoms with Crippen molar-refractivity contribution in [2.45, 2.75) is 13.5 Å². The van der Waals surface area contributed by atoms with Crippen LogP contribution in [0.3, 0.4) is 0 Å². The number of nitrogens with one attached hydrogen (secondary N) is 1. The zero-order valence-electron chi connectivity index (χ0n) is 17.7. The van der Waals surface area contributed by atoms with Gasteiger partial charge in [-0.05, 0) is 86.3 Å². The first-order chi connectivity index (χ1) is 16.0. The summed E-state index contributed by atoms with van der Waals surface area (Å²) < 4.78 is 18.6. The minimum atomic E-state index is -0.443. The second-order valence-electron chi connectivity index (χ2n) is 7.03. The molecule has 0 spiro atoms. The van der Waals surface area contributed by atoms with Crippen molar-refractivity contribution < 1.29 is 18.7 Å². The van der Waals surface area contributed by atoms with E-state index in [1.54, 1.807) is 24.4 Å². The van der Waals surface area contributed by atoms with Crippen LogP contribution in [-0.2, 0) is 6.61 Å². The number of nitrogens with zero attached hydrogens (tertiary/aromatic N) is 1. The average Bonchev–Trinajstić information content (AvgIpc) is 3.23. The second kappa shape index (κ2) is 10.7. The Kier molecular flexibility index (Phi) is 7.47. The predicted molar refractivity (Wildman–Crippen MR) is 135 cm³/mol. The number of furan rings is 1. The van der Waals surface area contributed by atoms with Gasteiger partial charge in [-0.25, -0.2) is 5.43 Å². The summed E-state index contributed by atoms with van der Waals surface area (Å²) in [5.41, 5.74) is 4.94. The van der Waals surface area contributed by atoms with Gasteiger partial charge in [-0.3, -0.25) is 4.79 Å². The maximum absolute atomic E-state index is 12.4. The van der Waals surface area contributed by atoms with E-state index in [9.17, 15) is 4.79 Å². The lowest BCUT2D eigenvalue weighted by molar-refractivity contribution is 0.0929. The highest BCUT2D eigenvalue weighted by atomic mass is 79.9. The quantitative estimate of drug-likeness (QED) is 0.189. The van der Waals surface area contributed by atoms with Crippen molar-refractivity contribution in [1.29, 1.82) is 0 Å². The van der Waals surface area contributed by atoms with Crippen molar-refractivity contribution in [3.63, 3.8) is 0 Å². The van der Waals surface area contributed by atoms with Crippen LogP contribution in [0.2, 0.25) is 0 Å². The lowest BCUT2D eigenvalue weighted by Crippen LogP contribution is -2.16. The predicted octanol–water partition coefficient (Wildman–Crippen LogP) is 6.70. The van der Waals surface area contributed by atoms with Gasteiger partial charge in [-0.1, -0.05) is 30.3 Å². The molecule has 1 amide bonds. The first-order valence-electron chi connectivity index (χ1n) is 10.2. The van der Waals surface area contributed by atoms with Crippen molar-refractivity contribution in [3.05, 3.63) is 92.6 Å². The molecule has 4 aromatic rings. The number of rotatable bonds is 8. The molecular weight excluding hydrogens is 552 g/mol. The molecule has 0 fully saturated rings. The molecule has 6 nitrogen and oxygen atoms in total. The zero-order valence-corrected chi connectivity index (χ0v) is 20.9. The lowest BCUT2D eigenvalue weighted by Gasteiger charge is -2.11. The molecular formula is C25H20Br2N2O4. The number of ether oxygens (including phenoxy) is 2. The number of fused-ring (bicyclic) bond motifs is 1. The Morgan fingerprint density at radius 3 is 2.52 bits per heavy atom. The van der Waals surface area contributed by atoms with Gasteiger partial charge in [0.15, 0.2) is 5.76 Å². The van der Waals surface area contributed by atoms with Gasteiger partial charge in [0.1, 0.15) is 23.7 Å². The summed E-state index contributed by atoms with van der Waals surface area (Å²) in [7, 11) is 0. The minimum absolute atomic E-state index is 0.169. The van der Waals surface area contributed by atoms with Gasteiger partial charge in [-0.2, -0.15) is 5.10 Å². The third-order valence-electron chi connectivity index (χ3n) is 4.65. The number of carbonyl (C=O) groups is 1. The molecule has 8 heteroatoms. The fourth-order valence-corrected chi connectivity index (χ4v) is 4.58. The topological polar surface area (TPSA) is 73.1 Å². The number of amides is 1. The molecule has 4 rings (SSSR count). The molecule has 0 atom stereocenters. The number of carbonyl (C=O) groups excluding carboxylic acids is 1. The van der Waals surface area contributed by atoms with E-state index in [2.05, 4.69) is 42.4 Å². The van der Waals surface area contributed by atoms with E-state index in [1.165, 1.54) is 0 Å². The van der Waals surface area contributed by atoms with Crippen LogP contribution in [-0.4, -0.2) is 18.7 Å². The van der Waals surface area contributed by atoms with Gasteiger partial charge in [0.05, 0.1) is 21.8 Å². The van der Waals surface area contributed by atoms with Crippen molar-refractivity contribution in [2.75, 3.05) is 6.61 Å². The molecule has 0 unspecified atom stereocenters. The Labute approximate surface area is 207 Å². The van der Waals surface area contributed by atoms with Crippen LogP contribution >= 0.6 is 31.9 Å². The molecule has 1 N–H and O–H groups in total. The first kappa shape index (κ1) is 23.1. The number of benzene rings is 3. The summed E-state index contributed by atoms with van der Waals surface area (Å²) in [6.07, 6.45) is 1.55. The van der Waals surface area contributed by atoms with Crippen LogP contribution in [0.25, 0.3) is 11.0 Å².